The van der Waals surface area contributed by atoms with Gasteiger partial charge in [-0.2, -0.15) is 0 Å². The molecule has 11 heavy (non-hydrogen) atoms. The Morgan fingerprint density at radius 3 is 2.00 bits per heavy atom. The lowest BCUT2D eigenvalue weighted by atomic mass is 10.0. The second-order valence-corrected chi connectivity index (χ2v) is 2.25. The number of alkyl halides is 1. The normalized spacial score (nSPS) is 12.2. The summed E-state index contributed by atoms with van der Waals surface area (Å²) in [4.78, 5) is 31.4. The maximum atomic E-state index is 10.7. The first-order valence-electron chi connectivity index (χ1n) is 2.82. The second-order valence-electron chi connectivity index (χ2n) is 1.98. The molecule has 0 aromatic carbocycles. The number of hydrogen-bond donors (Lipinski definition) is 1. The van der Waals surface area contributed by atoms with Crippen LogP contribution in [0, 0.1) is 5.92 Å². The number of halogens is 1. The summed E-state index contributed by atoms with van der Waals surface area (Å²) in [6.07, 6.45) is 0. The monoisotopic (exact) mass is 178 g/mol. The van der Waals surface area contributed by atoms with Crippen molar-refractivity contribution in [2.24, 2.45) is 5.92 Å². The molecule has 0 aliphatic carbocycles. The van der Waals surface area contributed by atoms with E-state index in [4.69, 9.17) is 16.7 Å². The van der Waals surface area contributed by atoms with Gasteiger partial charge in [-0.05, 0) is 6.92 Å². The standard InChI is InChI=1S/C6H7ClO4/c1-3(8)5(6(10)11)4(9)2-7/h5H,2H2,1H3,(H,10,11). The molecule has 0 spiro atoms. The minimum absolute atomic E-state index is 0.448. The van der Waals surface area contributed by atoms with Gasteiger partial charge in [-0.15, -0.1) is 11.6 Å². The van der Waals surface area contributed by atoms with Crippen molar-refractivity contribution in [1.82, 2.24) is 0 Å². The minimum Gasteiger partial charge on any atom is -0.480 e. The van der Waals surface area contributed by atoms with Crippen LogP contribution < -0.4 is 0 Å². The molecule has 1 N–H and O–H groups in total. The largest absolute Gasteiger partial charge is 0.480 e. The molecule has 1 atom stereocenters. The molecule has 4 nitrogen and oxygen atoms in total. The number of aliphatic carboxylic acids is 1. The zero-order valence-electron chi connectivity index (χ0n) is 5.83. The molecule has 0 saturated carbocycles. The molecular formula is C6H7ClO4. The van der Waals surface area contributed by atoms with E-state index >= 15 is 0 Å². The van der Waals surface area contributed by atoms with Crippen molar-refractivity contribution in [3.63, 3.8) is 0 Å². The van der Waals surface area contributed by atoms with Crippen molar-refractivity contribution < 1.29 is 19.5 Å². The van der Waals surface area contributed by atoms with Crippen LogP contribution in [0.1, 0.15) is 6.92 Å². The van der Waals surface area contributed by atoms with Gasteiger partial charge in [0.15, 0.2) is 17.5 Å². The number of carboxylic acids is 1. The lowest BCUT2D eigenvalue weighted by molar-refractivity contribution is -0.149. The molecule has 0 aromatic rings. The quantitative estimate of drug-likeness (QED) is 0.489. The van der Waals surface area contributed by atoms with Gasteiger partial charge in [0.1, 0.15) is 0 Å². The summed E-state index contributed by atoms with van der Waals surface area (Å²) in [5, 5.41) is 8.34. The number of carbonyl (C=O) groups is 3. The van der Waals surface area contributed by atoms with Gasteiger partial charge in [-0.1, -0.05) is 0 Å². The summed E-state index contributed by atoms with van der Waals surface area (Å²) in [5.74, 6) is -4.94. The van der Waals surface area contributed by atoms with Crippen molar-refractivity contribution in [3.05, 3.63) is 0 Å². The van der Waals surface area contributed by atoms with Gasteiger partial charge in [0.2, 0.25) is 0 Å². The van der Waals surface area contributed by atoms with E-state index in [1.54, 1.807) is 0 Å². The van der Waals surface area contributed by atoms with E-state index in [0.29, 0.717) is 0 Å². The van der Waals surface area contributed by atoms with Gasteiger partial charge in [0, 0.05) is 0 Å². The van der Waals surface area contributed by atoms with Crippen LogP contribution in [0.25, 0.3) is 0 Å². The zero-order chi connectivity index (χ0) is 9.02. The molecule has 62 valence electrons. The van der Waals surface area contributed by atoms with Gasteiger partial charge in [0.05, 0.1) is 5.88 Å². The van der Waals surface area contributed by atoms with Gasteiger partial charge < -0.3 is 5.11 Å². The smallest absolute Gasteiger partial charge is 0.321 e. The van der Waals surface area contributed by atoms with Crippen molar-refractivity contribution >= 4 is 29.1 Å². The van der Waals surface area contributed by atoms with Crippen molar-refractivity contribution in [3.8, 4) is 0 Å². The van der Waals surface area contributed by atoms with Crippen LogP contribution in [0.5, 0.6) is 0 Å². The molecule has 0 fully saturated rings. The highest BCUT2D eigenvalue weighted by Crippen LogP contribution is 2.01. The number of Topliss-reactive ketones (excluding diaryl/α,β-unsaturated/α-hetero) is 2. The topological polar surface area (TPSA) is 71.4 Å². The Morgan fingerprint density at radius 1 is 1.45 bits per heavy atom. The lowest BCUT2D eigenvalue weighted by Crippen LogP contribution is -2.30. The maximum Gasteiger partial charge on any atom is 0.321 e. The van der Waals surface area contributed by atoms with E-state index in [2.05, 4.69) is 0 Å². The van der Waals surface area contributed by atoms with Gasteiger partial charge >= 0.3 is 5.97 Å². The predicted octanol–water partition coefficient (Wildman–Crippen LogP) is 0.0841. The second kappa shape index (κ2) is 4.08. The van der Waals surface area contributed by atoms with Crippen LogP contribution in [-0.4, -0.2) is 28.5 Å². The fourth-order valence-electron chi connectivity index (χ4n) is 0.615. The van der Waals surface area contributed by atoms with Crippen LogP contribution in [0.15, 0.2) is 0 Å². The highest BCUT2D eigenvalue weighted by atomic mass is 35.5. The first kappa shape index (κ1) is 10.1. The Hall–Kier alpha value is -0.900. The molecule has 0 radical (unpaired) electrons. The van der Waals surface area contributed by atoms with Crippen LogP contribution in [0.3, 0.4) is 0 Å². The van der Waals surface area contributed by atoms with E-state index in [9.17, 15) is 14.4 Å². The molecule has 0 aromatic heterocycles. The van der Waals surface area contributed by atoms with E-state index < -0.39 is 29.3 Å². The minimum atomic E-state index is -1.59. The third-order valence-corrected chi connectivity index (χ3v) is 1.37. The summed E-state index contributed by atoms with van der Waals surface area (Å²) >= 11 is 5.07. The average molecular weight is 179 g/mol. The molecule has 0 heterocycles. The van der Waals surface area contributed by atoms with Gasteiger partial charge in [-0.25, -0.2) is 0 Å². The first-order chi connectivity index (χ1) is 5.00. The van der Waals surface area contributed by atoms with Gasteiger partial charge in [0.25, 0.3) is 0 Å². The number of carbonyl (C=O) groups excluding carboxylic acids is 2. The third-order valence-electron chi connectivity index (χ3n) is 1.11. The predicted molar refractivity (Wildman–Crippen MR) is 37.5 cm³/mol. The van der Waals surface area contributed by atoms with Crippen molar-refractivity contribution in [1.29, 1.82) is 0 Å². The molecular weight excluding hydrogens is 172 g/mol. The fourth-order valence-corrected chi connectivity index (χ4v) is 0.770. The Morgan fingerprint density at radius 2 is 1.91 bits per heavy atom. The molecule has 0 aliphatic heterocycles. The molecule has 1 unspecified atom stereocenters. The lowest BCUT2D eigenvalue weighted by Gasteiger charge is -2.03. The zero-order valence-corrected chi connectivity index (χ0v) is 6.59. The van der Waals surface area contributed by atoms with Crippen LogP contribution >= 0.6 is 11.6 Å². The maximum absolute atomic E-state index is 10.7. The molecule has 0 amide bonds. The van der Waals surface area contributed by atoms with E-state index in [-0.39, 0.29) is 0 Å². The molecule has 0 bridgehead atoms. The highest BCUT2D eigenvalue weighted by molar-refractivity contribution is 6.32. The Labute approximate surface area is 68.1 Å². The number of ketones is 2. The molecule has 0 rings (SSSR count). The molecule has 0 aliphatic rings. The third kappa shape index (κ3) is 2.67. The number of rotatable bonds is 4. The summed E-state index contributed by atoms with van der Waals surface area (Å²) in [6, 6.07) is 0. The molecule has 0 saturated heterocycles. The number of hydrogen-bond acceptors (Lipinski definition) is 3. The van der Waals surface area contributed by atoms with Crippen LogP contribution in [0.2, 0.25) is 0 Å². The highest BCUT2D eigenvalue weighted by Gasteiger charge is 2.29. The fraction of sp³-hybridized carbons (Fsp3) is 0.500. The van der Waals surface area contributed by atoms with Gasteiger partial charge in [-0.3, -0.25) is 14.4 Å². The Bertz CT molecular complexity index is 185. The Balaban J connectivity index is 4.47. The van der Waals surface area contributed by atoms with Crippen molar-refractivity contribution in [2.45, 2.75) is 6.92 Å². The summed E-state index contributed by atoms with van der Waals surface area (Å²) in [5.41, 5.74) is 0. The van der Waals surface area contributed by atoms with E-state index in [0.717, 1.165) is 6.92 Å². The first-order valence-corrected chi connectivity index (χ1v) is 3.36. The number of carboxylic acid groups (broad SMARTS) is 1. The SMILES string of the molecule is CC(=O)C(C(=O)O)C(=O)CCl. The summed E-state index contributed by atoms with van der Waals surface area (Å²) in [7, 11) is 0. The summed E-state index contributed by atoms with van der Waals surface area (Å²) in [6.45, 7) is 1.04. The van der Waals surface area contributed by atoms with Crippen LogP contribution in [-0.2, 0) is 14.4 Å². The summed E-state index contributed by atoms with van der Waals surface area (Å²) < 4.78 is 0. The van der Waals surface area contributed by atoms with Crippen molar-refractivity contribution in [2.75, 3.05) is 5.88 Å². The van der Waals surface area contributed by atoms with E-state index in [1.165, 1.54) is 0 Å². The van der Waals surface area contributed by atoms with E-state index in [1.807, 2.05) is 0 Å². The average Bonchev–Trinajstić information content (AvgIpc) is 1.85. The van der Waals surface area contributed by atoms with Crippen LogP contribution in [0.4, 0.5) is 0 Å². The molecule has 5 heteroatoms. The Kier molecular flexibility index (Phi) is 3.74.